The minimum atomic E-state index is -4.81. The molecule has 4 N–H and O–H groups in total. The average molecular weight is 475 g/mol. The number of nitrogens with one attached hydrogen (secondary N) is 2. The summed E-state index contributed by atoms with van der Waals surface area (Å²) in [6.45, 7) is 12.6. The molecule has 0 aromatic rings. The van der Waals surface area contributed by atoms with Crippen molar-refractivity contribution in [3.8, 4) is 0 Å². The molecule has 0 aromatic heterocycles. The van der Waals surface area contributed by atoms with Gasteiger partial charge in [0.1, 0.15) is 12.1 Å². The molecule has 0 spiro atoms. The molecule has 186 valence electrons. The van der Waals surface area contributed by atoms with E-state index in [2.05, 4.69) is 17.2 Å². The van der Waals surface area contributed by atoms with Crippen LogP contribution >= 0.6 is 0 Å². The Morgan fingerprint density at radius 1 is 1.21 bits per heavy atom. The first-order chi connectivity index (χ1) is 14.9. The molecule has 0 radical (unpaired) electrons. The lowest BCUT2D eigenvalue weighted by molar-refractivity contribution is -0.155. The Labute approximate surface area is 191 Å². The maximum Gasteiger partial charge on any atom is 0.391 e. The van der Waals surface area contributed by atoms with Crippen molar-refractivity contribution in [2.45, 2.75) is 65.3 Å². The standard InChI is InChI=1S/C22H33F3N4O4/c1-7-8-27-18(32)15(30)12(9-22(23,24)25)28-17(31)14-13-11(21(13,5)6)10-29(14)19(33)16(26)20(2,3)4/h7,11-14,16H,1,8-10,26H2,2-6H3,(H,27,32)(H,28,31)/t11-,12?,13-,14-,16+/m0/s1. The van der Waals surface area contributed by atoms with Crippen LogP contribution in [0.1, 0.15) is 41.0 Å². The zero-order chi connectivity index (χ0) is 25.5. The van der Waals surface area contributed by atoms with Crippen molar-refractivity contribution in [1.29, 1.82) is 0 Å². The van der Waals surface area contributed by atoms with Crippen LogP contribution in [-0.2, 0) is 19.2 Å². The van der Waals surface area contributed by atoms with E-state index in [1.165, 1.54) is 11.0 Å². The smallest absolute Gasteiger partial charge is 0.346 e. The predicted molar refractivity (Wildman–Crippen MR) is 115 cm³/mol. The third-order valence-electron chi connectivity index (χ3n) is 6.66. The van der Waals surface area contributed by atoms with E-state index in [1.807, 2.05) is 13.8 Å². The van der Waals surface area contributed by atoms with Gasteiger partial charge in [0.05, 0.1) is 12.5 Å². The molecule has 1 saturated carbocycles. The minimum Gasteiger partial charge on any atom is -0.346 e. The lowest BCUT2D eigenvalue weighted by Gasteiger charge is -2.36. The molecule has 1 aliphatic carbocycles. The molecule has 1 unspecified atom stereocenters. The highest BCUT2D eigenvalue weighted by molar-refractivity contribution is 6.38. The molecule has 1 saturated heterocycles. The number of nitrogens with zero attached hydrogens (tertiary/aromatic N) is 1. The highest BCUT2D eigenvalue weighted by Gasteiger charge is 2.69. The van der Waals surface area contributed by atoms with Gasteiger partial charge >= 0.3 is 6.18 Å². The number of rotatable bonds is 8. The fraction of sp³-hybridized carbons (Fsp3) is 0.727. The summed E-state index contributed by atoms with van der Waals surface area (Å²) in [7, 11) is 0. The monoisotopic (exact) mass is 474 g/mol. The predicted octanol–water partition coefficient (Wildman–Crippen LogP) is 1.15. The van der Waals surface area contributed by atoms with Gasteiger partial charge in [-0.05, 0) is 22.7 Å². The number of fused-ring (bicyclic) bond motifs is 1. The minimum absolute atomic E-state index is 0.0166. The second-order valence-electron chi connectivity index (χ2n) is 10.5. The van der Waals surface area contributed by atoms with Gasteiger partial charge in [-0.1, -0.05) is 40.7 Å². The summed E-state index contributed by atoms with van der Waals surface area (Å²) in [4.78, 5) is 51.9. The maximum absolute atomic E-state index is 13.2. The van der Waals surface area contributed by atoms with Crippen molar-refractivity contribution >= 4 is 23.5 Å². The third kappa shape index (κ3) is 5.74. The lowest BCUT2D eigenvalue weighted by Crippen LogP contribution is -2.59. The van der Waals surface area contributed by atoms with Crippen molar-refractivity contribution in [1.82, 2.24) is 15.5 Å². The number of hydrogen-bond donors (Lipinski definition) is 3. The Morgan fingerprint density at radius 3 is 2.27 bits per heavy atom. The molecule has 11 heteroatoms. The van der Waals surface area contributed by atoms with Crippen LogP contribution in [-0.4, -0.2) is 65.8 Å². The van der Waals surface area contributed by atoms with Crippen LogP contribution < -0.4 is 16.4 Å². The summed E-state index contributed by atoms with van der Waals surface area (Å²) >= 11 is 0. The number of likely N-dealkylation sites (tertiary alicyclic amines) is 1. The first-order valence-electron chi connectivity index (χ1n) is 10.8. The number of alkyl halides is 3. The number of amides is 3. The van der Waals surface area contributed by atoms with E-state index >= 15 is 0 Å². The van der Waals surface area contributed by atoms with Crippen molar-refractivity contribution in [2.24, 2.45) is 28.4 Å². The summed E-state index contributed by atoms with van der Waals surface area (Å²) < 4.78 is 39.4. The highest BCUT2D eigenvalue weighted by atomic mass is 19.4. The Kier molecular flexibility index (Phi) is 7.38. The molecule has 0 bridgehead atoms. The molecule has 3 amide bonds. The quantitative estimate of drug-likeness (QED) is 0.360. The topological polar surface area (TPSA) is 122 Å². The van der Waals surface area contributed by atoms with Gasteiger partial charge in [0.15, 0.2) is 0 Å². The molecule has 5 atom stereocenters. The zero-order valence-corrected chi connectivity index (χ0v) is 19.6. The lowest BCUT2D eigenvalue weighted by atomic mass is 9.86. The maximum atomic E-state index is 13.2. The normalized spacial score (nSPS) is 25.5. The van der Waals surface area contributed by atoms with Gasteiger partial charge in [-0.15, -0.1) is 6.58 Å². The summed E-state index contributed by atoms with van der Waals surface area (Å²) in [6, 6.07) is -4.12. The van der Waals surface area contributed by atoms with Crippen molar-refractivity contribution in [2.75, 3.05) is 13.1 Å². The van der Waals surface area contributed by atoms with Gasteiger partial charge < -0.3 is 21.3 Å². The second-order valence-corrected chi connectivity index (χ2v) is 10.5. The van der Waals surface area contributed by atoms with Gasteiger partial charge in [0, 0.05) is 13.1 Å². The van der Waals surface area contributed by atoms with E-state index in [9.17, 15) is 32.3 Å². The number of nitrogens with two attached hydrogens (primary N) is 1. The number of carbonyl (C=O) groups excluding carboxylic acids is 4. The highest BCUT2D eigenvalue weighted by Crippen LogP contribution is 2.65. The van der Waals surface area contributed by atoms with Gasteiger partial charge in [0.2, 0.25) is 17.6 Å². The number of Topliss-reactive ketones (excluding diaryl/α,β-unsaturated/α-hetero) is 1. The van der Waals surface area contributed by atoms with Crippen molar-refractivity contribution < 1.29 is 32.3 Å². The fourth-order valence-electron chi connectivity index (χ4n) is 4.47. The molecule has 2 fully saturated rings. The van der Waals surface area contributed by atoms with Crippen LogP contribution in [0.5, 0.6) is 0 Å². The largest absolute Gasteiger partial charge is 0.391 e. The molecule has 8 nitrogen and oxygen atoms in total. The summed E-state index contributed by atoms with van der Waals surface area (Å²) in [5, 5.41) is 4.22. The van der Waals surface area contributed by atoms with E-state index in [0.29, 0.717) is 0 Å². The number of carbonyl (C=O) groups is 4. The number of halogens is 3. The van der Waals surface area contributed by atoms with Crippen molar-refractivity contribution in [3.05, 3.63) is 12.7 Å². The summed E-state index contributed by atoms with van der Waals surface area (Å²) in [5.74, 6) is -4.36. The molecule has 1 aliphatic heterocycles. The summed E-state index contributed by atoms with van der Waals surface area (Å²) in [6.07, 6.45) is -5.26. The molecule has 33 heavy (non-hydrogen) atoms. The van der Waals surface area contributed by atoms with E-state index in [4.69, 9.17) is 5.73 Å². The first-order valence-corrected chi connectivity index (χ1v) is 10.8. The Bertz CT molecular complexity index is 834. The van der Waals surface area contributed by atoms with Gasteiger partial charge in [-0.2, -0.15) is 13.2 Å². The first kappa shape index (κ1) is 26.8. The average Bonchev–Trinajstić information content (AvgIpc) is 3.03. The van der Waals surface area contributed by atoms with Crippen LogP contribution in [0.3, 0.4) is 0 Å². The molecular formula is C22H33F3N4O4. The summed E-state index contributed by atoms with van der Waals surface area (Å²) in [5.41, 5.74) is 5.20. The van der Waals surface area contributed by atoms with Crippen LogP contribution in [0.25, 0.3) is 0 Å². The van der Waals surface area contributed by atoms with E-state index in [-0.39, 0.29) is 30.3 Å². The molecule has 2 rings (SSSR count). The zero-order valence-electron chi connectivity index (χ0n) is 19.6. The van der Waals surface area contributed by atoms with Gasteiger partial charge in [-0.3, -0.25) is 19.2 Å². The second kappa shape index (κ2) is 9.08. The SMILES string of the molecule is C=CCNC(=O)C(=O)C(CC(F)(F)F)NC(=O)[C@@H]1[C@@H]2[C@H](CN1C(=O)[C@@H](N)C(C)(C)C)C2(C)C. The molecule has 1 heterocycles. The van der Waals surface area contributed by atoms with Crippen LogP contribution in [0.4, 0.5) is 13.2 Å². The van der Waals surface area contributed by atoms with E-state index in [0.717, 1.165) is 0 Å². The third-order valence-corrected chi connectivity index (χ3v) is 6.66. The molecule has 0 aromatic carbocycles. The van der Waals surface area contributed by atoms with Crippen LogP contribution in [0, 0.1) is 22.7 Å². The Hall–Kier alpha value is -2.43. The Morgan fingerprint density at radius 2 is 1.79 bits per heavy atom. The van der Waals surface area contributed by atoms with Crippen molar-refractivity contribution in [3.63, 3.8) is 0 Å². The number of piperidine rings is 1. The van der Waals surface area contributed by atoms with Crippen LogP contribution in [0.2, 0.25) is 0 Å². The van der Waals surface area contributed by atoms with E-state index in [1.54, 1.807) is 20.8 Å². The Balaban J connectivity index is 2.28. The number of ketones is 1. The molecule has 2 aliphatic rings. The van der Waals surface area contributed by atoms with Gasteiger partial charge in [-0.25, -0.2) is 0 Å². The van der Waals surface area contributed by atoms with Crippen LogP contribution in [0.15, 0.2) is 12.7 Å². The van der Waals surface area contributed by atoms with E-state index < -0.39 is 59.6 Å². The molecular weight excluding hydrogens is 441 g/mol. The van der Waals surface area contributed by atoms with Gasteiger partial charge in [0.25, 0.3) is 5.91 Å². The fourth-order valence-corrected chi connectivity index (χ4v) is 4.47. The number of hydrogen-bond acceptors (Lipinski definition) is 5.